The normalized spacial score (nSPS) is 13.9. The van der Waals surface area contributed by atoms with Gasteiger partial charge >= 0.3 is 5.69 Å². The predicted molar refractivity (Wildman–Crippen MR) is 115 cm³/mol. The first kappa shape index (κ1) is 19.7. The van der Waals surface area contributed by atoms with Crippen molar-refractivity contribution in [1.29, 1.82) is 0 Å². The number of aromatic nitrogens is 2. The van der Waals surface area contributed by atoms with E-state index in [1.807, 2.05) is 0 Å². The van der Waals surface area contributed by atoms with Gasteiger partial charge in [-0.15, -0.1) is 0 Å². The van der Waals surface area contributed by atoms with Gasteiger partial charge in [0.05, 0.1) is 4.92 Å². The van der Waals surface area contributed by atoms with Crippen molar-refractivity contribution < 1.29 is 23.9 Å². The monoisotopic (exact) mass is 437 g/mol. The Hall–Kier alpha value is -4.28. The first-order valence-electron chi connectivity index (χ1n) is 9.93. The molecule has 164 valence electrons. The number of benzene rings is 2. The number of fused-ring (bicyclic) bond motifs is 2. The fourth-order valence-electron chi connectivity index (χ4n) is 3.44. The van der Waals surface area contributed by atoms with Crippen molar-refractivity contribution in [3.8, 4) is 23.0 Å². The molecule has 0 aliphatic carbocycles. The van der Waals surface area contributed by atoms with E-state index in [2.05, 4.69) is 20.6 Å². The molecule has 2 aliphatic heterocycles. The SMILES string of the molecule is Cc1nc(Nc2ccc3c(c2)OCCO3)nc(Nc2ccc3c(c2)OCCO3)c1[N+](=O)[O-]. The Morgan fingerprint density at radius 2 is 1.34 bits per heavy atom. The van der Waals surface area contributed by atoms with Crippen molar-refractivity contribution >= 4 is 28.8 Å². The summed E-state index contributed by atoms with van der Waals surface area (Å²) in [5, 5.41) is 17.8. The lowest BCUT2D eigenvalue weighted by Gasteiger charge is -2.19. The summed E-state index contributed by atoms with van der Waals surface area (Å²) in [7, 11) is 0. The van der Waals surface area contributed by atoms with Gasteiger partial charge in [-0.2, -0.15) is 4.98 Å². The molecular weight excluding hydrogens is 418 g/mol. The standard InChI is InChI=1S/C21H19N5O6/c1-12-19(26(27)28)20(23-13-2-4-15-17(10-13)31-8-6-29-15)25-21(22-12)24-14-3-5-16-18(11-14)32-9-7-30-16/h2-5,10-11H,6-9H2,1H3,(H2,22,23,24,25). The second-order valence-corrected chi connectivity index (χ2v) is 7.05. The highest BCUT2D eigenvalue weighted by Gasteiger charge is 2.23. The molecule has 32 heavy (non-hydrogen) atoms. The van der Waals surface area contributed by atoms with E-state index in [1.54, 1.807) is 43.3 Å². The minimum atomic E-state index is -0.510. The average Bonchev–Trinajstić information content (AvgIpc) is 2.78. The summed E-state index contributed by atoms with van der Waals surface area (Å²) in [6, 6.07) is 10.5. The number of nitrogens with zero attached hydrogens (tertiary/aromatic N) is 3. The predicted octanol–water partition coefficient (Wildman–Crippen LogP) is 3.72. The van der Waals surface area contributed by atoms with Crippen LogP contribution in [0.1, 0.15) is 5.69 Å². The highest BCUT2D eigenvalue weighted by molar-refractivity contribution is 5.71. The molecule has 0 radical (unpaired) electrons. The molecule has 2 aromatic carbocycles. The first-order chi connectivity index (χ1) is 15.6. The van der Waals surface area contributed by atoms with Crippen molar-refractivity contribution in [2.24, 2.45) is 0 Å². The van der Waals surface area contributed by atoms with Gasteiger partial charge in [0.2, 0.25) is 11.8 Å². The maximum absolute atomic E-state index is 11.7. The van der Waals surface area contributed by atoms with Crippen LogP contribution in [0.2, 0.25) is 0 Å². The number of hydrogen-bond donors (Lipinski definition) is 2. The summed E-state index contributed by atoms with van der Waals surface area (Å²) in [5.74, 6) is 2.70. The molecule has 0 spiro atoms. The molecule has 5 rings (SSSR count). The third-order valence-corrected chi connectivity index (χ3v) is 4.84. The van der Waals surface area contributed by atoms with Crippen LogP contribution < -0.4 is 29.6 Å². The van der Waals surface area contributed by atoms with Crippen LogP contribution in [0.5, 0.6) is 23.0 Å². The van der Waals surface area contributed by atoms with E-state index in [4.69, 9.17) is 18.9 Å². The van der Waals surface area contributed by atoms with Crippen LogP contribution in [-0.2, 0) is 0 Å². The molecule has 0 saturated carbocycles. The second kappa shape index (κ2) is 8.10. The fourth-order valence-corrected chi connectivity index (χ4v) is 3.44. The van der Waals surface area contributed by atoms with Crippen LogP contribution in [0, 0.1) is 17.0 Å². The summed E-state index contributed by atoms with van der Waals surface area (Å²) < 4.78 is 22.2. The Balaban J connectivity index is 1.46. The number of nitrogens with one attached hydrogen (secondary N) is 2. The molecule has 0 saturated heterocycles. The van der Waals surface area contributed by atoms with Crippen LogP contribution in [0.4, 0.5) is 28.8 Å². The van der Waals surface area contributed by atoms with Gasteiger partial charge in [0, 0.05) is 23.5 Å². The molecule has 11 heteroatoms. The molecule has 1 aromatic heterocycles. The van der Waals surface area contributed by atoms with Crippen LogP contribution >= 0.6 is 0 Å². The zero-order chi connectivity index (χ0) is 22.1. The Bertz CT molecular complexity index is 1200. The highest BCUT2D eigenvalue weighted by Crippen LogP contribution is 2.37. The first-order valence-corrected chi connectivity index (χ1v) is 9.93. The minimum absolute atomic E-state index is 0.0548. The smallest absolute Gasteiger partial charge is 0.332 e. The molecule has 11 nitrogen and oxygen atoms in total. The molecule has 3 aromatic rings. The minimum Gasteiger partial charge on any atom is -0.486 e. The fraction of sp³-hybridized carbons (Fsp3) is 0.238. The Labute approximate surface area is 182 Å². The molecule has 2 aliphatic rings. The number of aryl methyl sites for hydroxylation is 1. The summed E-state index contributed by atoms with van der Waals surface area (Å²) >= 11 is 0. The van der Waals surface area contributed by atoms with Gasteiger partial charge < -0.3 is 29.6 Å². The lowest BCUT2D eigenvalue weighted by molar-refractivity contribution is -0.385. The van der Waals surface area contributed by atoms with Crippen molar-refractivity contribution in [3.63, 3.8) is 0 Å². The van der Waals surface area contributed by atoms with Gasteiger partial charge in [0.15, 0.2) is 23.0 Å². The zero-order valence-electron chi connectivity index (χ0n) is 17.1. The quantitative estimate of drug-likeness (QED) is 0.450. The van der Waals surface area contributed by atoms with Crippen molar-refractivity contribution in [2.45, 2.75) is 6.92 Å². The maximum atomic E-state index is 11.7. The van der Waals surface area contributed by atoms with E-state index in [0.717, 1.165) is 0 Å². The largest absolute Gasteiger partial charge is 0.486 e. The van der Waals surface area contributed by atoms with Crippen molar-refractivity contribution in [3.05, 3.63) is 52.2 Å². The van der Waals surface area contributed by atoms with Crippen molar-refractivity contribution in [1.82, 2.24) is 9.97 Å². The van der Waals surface area contributed by atoms with E-state index in [0.29, 0.717) is 60.8 Å². The summed E-state index contributed by atoms with van der Waals surface area (Å²) in [4.78, 5) is 19.8. The van der Waals surface area contributed by atoms with Gasteiger partial charge in [-0.05, 0) is 31.2 Å². The van der Waals surface area contributed by atoms with Crippen LogP contribution in [0.15, 0.2) is 36.4 Å². The van der Waals surface area contributed by atoms with Gasteiger partial charge in [0.25, 0.3) is 0 Å². The lowest BCUT2D eigenvalue weighted by atomic mass is 10.2. The van der Waals surface area contributed by atoms with Crippen molar-refractivity contribution in [2.75, 3.05) is 37.1 Å². The zero-order valence-corrected chi connectivity index (χ0v) is 17.1. The number of nitro groups is 1. The van der Waals surface area contributed by atoms with E-state index < -0.39 is 4.92 Å². The molecule has 0 amide bonds. The number of anilines is 4. The van der Waals surface area contributed by atoms with Crippen LogP contribution in [0.25, 0.3) is 0 Å². The molecule has 2 N–H and O–H groups in total. The topological polar surface area (TPSA) is 130 Å². The molecular formula is C21H19N5O6. The molecule has 0 atom stereocenters. The van der Waals surface area contributed by atoms with E-state index >= 15 is 0 Å². The maximum Gasteiger partial charge on any atom is 0.332 e. The lowest BCUT2D eigenvalue weighted by Crippen LogP contribution is -2.15. The molecule has 0 unspecified atom stereocenters. The van der Waals surface area contributed by atoms with Gasteiger partial charge in [-0.3, -0.25) is 10.1 Å². The second-order valence-electron chi connectivity index (χ2n) is 7.05. The molecule has 3 heterocycles. The number of rotatable bonds is 5. The number of ether oxygens (including phenoxy) is 4. The summed E-state index contributed by atoms with van der Waals surface area (Å²) in [5.41, 5.74) is 1.23. The van der Waals surface area contributed by atoms with E-state index in [-0.39, 0.29) is 23.1 Å². The molecule has 0 bridgehead atoms. The van der Waals surface area contributed by atoms with Crippen LogP contribution in [-0.4, -0.2) is 41.3 Å². The third-order valence-electron chi connectivity index (χ3n) is 4.84. The summed E-state index contributed by atoms with van der Waals surface area (Å²) in [6.45, 7) is 3.44. The Morgan fingerprint density at radius 3 is 1.91 bits per heavy atom. The summed E-state index contributed by atoms with van der Waals surface area (Å²) in [6.07, 6.45) is 0. The van der Waals surface area contributed by atoms with Crippen LogP contribution in [0.3, 0.4) is 0 Å². The van der Waals surface area contributed by atoms with Gasteiger partial charge in [-0.1, -0.05) is 0 Å². The molecule has 0 fully saturated rings. The number of hydrogen-bond acceptors (Lipinski definition) is 10. The highest BCUT2D eigenvalue weighted by atomic mass is 16.6. The average molecular weight is 437 g/mol. The third kappa shape index (κ3) is 3.87. The van der Waals surface area contributed by atoms with E-state index in [9.17, 15) is 10.1 Å². The Kier molecular flexibility index (Phi) is 4.98. The Morgan fingerprint density at radius 1 is 0.812 bits per heavy atom. The van der Waals surface area contributed by atoms with Gasteiger partial charge in [-0.25, -0.2) is 4.98 Å². The van der Waals surface area contributed by atoms with E-state index in [1.165, 1.54) is 0 Å². The van der Waals surface area contributed by atoms with Gasteiger partial charge in [0.1, 0.15) is 32.1 Å².